The third-order valence-corrected chi connectivity index (χ3v) is 2.27. The first-order valence-electron chi connectivity index (χ1n) is 5.23. The van der Waals surface area contributed by atoms with E-state index in [1.54, 1.807) is 20.3 Å². The minimum absolute atomic E-state index is 0.158. The molecule has 0 spiro atoms. The van der Waals surface area contributed by atoms with Gasteiger partial charge in [-0.25, -0.2) is 5.48 Å². The van der Waals surface area contributed by atoms with Crippen LogP contribution >= 0.6 is 0 Å². The molecule has 1 rings (SSSR count). The highest BCUT2D eigenvalue weighted by Gasteiger charge is 2.05. The maximum absolute atomic E-state index is 11.2. The predicted octanol–water partition coefficient (Wildman–Crippen LogP) is 1.31. The van der Waals surface area contributed by atoms with Gasteiger partial charge in [-0.05, 0) is 24.1 Å². The highest BCUT2D eigenvalue weighted by molar-refractivity contribution is 5.75. The first kappa shape index (κ1) is 13.3. The van der Waals surface area contributed by atoms with E-state index in [2.05, 4.69) is 10.3 Å². The van der Waals surface area contributed by atoms with Gasteiger partial charge in [0.1, 0.15) is 11.5 Å². The Balaban J connectivity index is 2.66. The van der Waals surface area contributed by atoms with Gasteiger partial charge in [0.2, 0.25) is 5.91 Å². The van der Waals surface area contributed by atoms with Crippen LogP contribution < -0.4 is 15.0 Å². The summed E-state index contributed by atoms with van der Waals surface area (Å²) in [6.45, 7) is 0. The van der Waals surface area contributed by atoms with E-state index in [0.717, 1.165) is 5.56 Å². The number of rotatable bonds is 6. The van der Waals surface area contributed by atoms with E-state index in [1.165, 1.54) is 7.11 Å². The second kappa shape index (κ2) is 6.75. The molecule has 0 aromatic heterocycles. The van der Waals surface area contributed by atoms with Crippen molar-refractivity contribution in [3.63, 3.8) is 0 Å². The largest absolute Gasteiger partial charge is 0.497 e. The molecule has 5 heteroatoms. The Bertz CT molecular complexity index is 357. The quantitative estimate of drug-likeness (QED) is 0.760. The molecule has 0 radical (unpaired) electrons. The monoisotopic (exact) mass is 239 g/mol. The lowest BCUT2D eigenvalue weighted by molar-refractivity contribution is -0.131. The van der Waals surface area contributed by atoms with Crippen LogP contribution in [0.15, 0.2) is 18.2 Å². The topological polar surface area (TPSA) is 56.8 Å². The van der Waals surface area contributed by atoms with Gasteiger partial charge in [-0.2, -0.15) is 0 Å². The first-order chi connectivity index (χ1) is 8.19. The van der Waals surface area contributed by atoms with Gasteiger partial charge in [-0.15, -0.1) is 0 Å². The van der Waals surface area contributed by atoms with Crippen LogP contribution in [0.1, 0.15) is 12.0 Å². The Labute approximate surface area is 101 Å². The van der Waals surface area contributed by atoms with Crippen LogP contribution in [-0.2, 0) is 16.1 Å². The molecule has 1 N–H and O–H groups in total. The highest BCUT2D eigenvalue weighted by atomic mass is 16.6. The Morgan fingerprint density at radius 2 is 1.71 bits per heavy atom. The van der Waals surface area contributed by atoms with E-state index in [-0.39, 0.29) is 5.91 Å². The maximum atomic E-state index is 11.2. The molecule has 0 aliphatic heterocycles. The summed E-state index contributed by atoms with van der Waals surface area (Å²) < 4.78 is 10.3. The number of carbonyl (C=O) groups is 1. The summed E-state index contributed by atoms with van der Waals surface area (Å²) in [6, 6.07) is 5.55. The number of carbonyl (C=O) groups excluding carboxylic acids is 1. The van der Waals surface area contributed by atoms with E-state index >= 15 is 0 Å². The van der Waals surface area contributed by atoms with Crippen molar-refractivity contribution in [2.24, 2.45) is 0 Å². The second-order valence-corrected chi connectivity index (χ2v) is 3.45. The molecule has 1 aromatic carbocycles. The molecule has 94 valence electrons. The number of amides is 1. The van der Waals surface area contributed by atoms with Crippen molar-refractivity contribution in [1.82, 2.24) is 5.48 Å². The van der Waals surface area contributed by atoms with Crippen LogP contribution in [0.2, 0.25) is 0 Å². The summed E-state index contributed by atoms with van der Waals surface area (Å²) in [5.41, 5.74) is 3.25. The number of nitrogens with one attached hydrogen (secondary N) is 1. The minimum Gasteiger partial charge on any atom is -0.497 e. The zero-order valence-corrected chi connectivity index (χ0v) is 10.3. The molecular formula is C12H17NO4. The Kier molecular flexibility index (Phi) is 5.29. The molecule has 0 saturated heterocycles. The Hall–Kier alpha value is -1.75. The fraction of sp³-hybridized carbons (Fsp3) is 0.417. The molecule has 0 aliphatic rings. The lowest BCUT2D eigenvalue weighted by Gasteiger charge is -2.08. The van der Waals surface area contributed by atoms with Crippen LogP contribution in [0, 0.1) is 0 Å². The number of hydrogen-bond acceptors (Lipinski definition) is 4. The fourth-order valence-corrected chi connectivity index (χ4v) is 1.43. The van der Waals surface area contributed by atoms with Crippen LogP contribution in [-0.4, -0.2) is 27.2 Å². The number of hydroxylamine groups is 1. The van der Waals surface area contributed by atoms with Crippen LogP contribution in [0.3, 0.4) is 0 Å². The number of hydrogen-bond donors (Lipinski definition) is 1. The molecule has 5 nitrogen and oxygen atoms in total. The van der Waals surface area contributed by atoms with Crippen molar-refractivity contribution >= 4 is 5.91 Å². The zero-order valence-electron chi connectivity index (χ0n) is 10.3. The number of benzene rings is 1. The molecule has 0 saturated carbocycles. The van der Waals surface area contributed by atoms with E-state index < -0.39 is 0 Å². The Morgan fingerprint density at radius 1 is 1.12 bits per heavy atom. The van der Waals surface area contributed by atoms with Gasteiger partial charge in [0.25, 0.3) is 0 Å². The van der Waals surface area contributed by atoms with Gasteiger partial charge in [-0.1, -0.05) is 0 Å². The third kappa shape index (κ3) is 4.32. The molecule has 0 bridgehead atoms. The number of ether oxygens (including phenoxy) is 2. The first-order valence-corrected chi connectivity index (χ1v) is 5.23. The Morgan fingerprint density at radius 3 is 2.18 bits per heavy atom. The van der Waals surface area contributed by atoms with E-state index in [0.29, 0.717) is 24.3 Å². The summed E-state index contributed by atoms with van der Waals surface area (Å²) in [5, 5.41) is 0. The molecule has 0 aliphatic carbocycles. The van der Waals surface area contributed by atoms with Crippen molar-refractivity contribution in [2.45, 2.75) is 12.8 Å². The molecule has 0 unspecified atom stereocenters. The second-order valence-electron chi connectivity index (χ2n) is 3.45. The fourth-order valence-electron chi connectivity index (χ4n) is 1.43. The lowest BCUT2D eigenvalue weighted by atomic mass is 10.1. The van der Waals surface area contributed by atoms with Crippen molar-refractivity contribution in [2.75, 3.05) is 21.3 Å². The SMILES string of the molecule is CONC(=O)CCc1cc(OC)cc(OC)c1. The summed E-state index contributed by atoms with van der Waals surface area (Å²) in [7, 11) is 4.60. The van der Waals surface area contributed by atoms with Crippen molar-refractivity contribution in [3.8, 4) is 11.5 Å². The average molecular weight is 239 g/mol. The minimum atomic E-state index is -0.158. The van der Waals surface area contributed by atoms with Gasteiger partial charge in [0.05, 0.1) is 21.3 Å². The van der Waals surface area contributed by atoms with Crippen LogP contribution in [0.4, 0.5) is 0 Å². The van der Waals surface area contributed by atoms with E-state index in [1.807, 2.05) is 12.1 Å². The van der Waals surface area contributed by atoms with Gasteiger partial charge in [0.15, 0.2) is 0 Å². The molecule has 1 amide bonds. The van der Waals surface area contributed by atoms with Crippen LogP contribution in [0.25, 0.3) is 0 Å². The normalized spacial score (nSPS) is 9.82. The molecule has 1 aromatic rings. The summed E-state index contributed by atoms with van der Waals surface area (Å²) >= 11 is 0. The smallest absolute Gasteiger partial charge is 0.243 e. The van der Waals surface area contributed by atoms with Crippen molar-refractivity contribution in [3.05, 3.63) is 23.8 Å². The highest BCUT2D eigenvalue weighted by Crippen LogP contribution is 2.23. The molecule has 0 atom stereocenters. The average Bonchev–Trinajstić information content (AvgIpc) is 2.36. The predicted molar refractivity (Wildman–Crippen MR) is 63.0 cm³/mol. The van der Waals surface area contributed by atoms with Gasteiger partial charge < -0.3 is 9.47 Å². The van der Waals surface area contributed by atoms with Crippen molar-refractivity contribution < 1.29 is 19.1 Å². The number of aryl methyl sites for hydroxylation is 1. The lowest BCUT2D eigenvalue weighted by Crippen LogP contribution is -2.21. The van der Waals surface area contributed by atoms with E-state index in [9.17, 15) is 4.79 Å². The van der Waals surface area contributed by atoms with Crippen molar-refractivity contribution in [1.29, 1.82) is 0 Å². The standard InChI is InChI=1S/C12H17NO4/c1-15-10-6-9(7-11(8-10)16-2)4-5-12(14)13-17-3/h6-8H,4-5H2,1-3H3,(H,13,14). The molecular weight excluding hydrogens is 222 g/mol. The van der Waals surface area contributed by atoms with Gasteiger partial charge in [-0.3, -0.25) is 9.63 Å². The summed E-state index contributed by atoms with van der Waals surface area (Å²) in [5.74, 6) is 1.27. The van der Waals surface area contributed by atoms with Crippen LogP contribution in [0.5, 0.6) is 11.5 Å². The summed E-state index contributed by atoms with van der Waals surface area (Å²) in [6.07, 6.45) is 0.951. The third-order valence-electron chi connectivity index (χ3n) is 2.27. The maximum Gasteiger partial charge on any atom is 0.243 e. The molecule has 17 heavy (non-hydrogen) atoms. The molecule has 0 fully saturated rings. The zero-order chi connectivity index (χ0) is 12.7. The number of methoxy groups -OCH3 is 2. The molecule has 0 heterocycles. The van der Waals surface area contributed by atoms with E-state index in [4.69, 9.17) is 9.47 Å². The van der Waals surface area contributed by atoms with Gasteiger partial charge in [0, 0.05) is 12.5 Å². The summed E-state index contributed by atoms with van der Waals surface area (Å²) in [4.78, 5) is 15.8. The van der Waals surface area contributed by atoms with Gasteiger partial charge >= 0.3 is 0 Å².